The van der Waals surface area contributed by atoms with Crippen LogP contribution in [0.3, 0.4) is 0 Å². The number of ether oxygens (including phenoxy) is 3. The molecule has 63 heavy (non-hydrogen) atoms. The van der Waals surface area contributed by atoms with Crippen molar-refractivity contribution >= 4 is 17.9 Å². The minimum atomic E-state index is -0.767. The Morgan fingerprint density at radius 2 is 0.556 bits per heavy atom. The van der Waals surface area contributed by atoms with Crippen molar-refractivity contribution in [2.75, 3.05) is 13.2 Å². The van der Waals surface area contributed by atoms with Crippen molar-refractivity contribution < 1.29 is 28.6 Å². The van der Waals surface area contributed by atoms with Crippen molar-refractivity contribution in [3.63, 3.8) is 0 Å². The number of hydrogen-bond donors (Lipinski definition) is 0. The van der Waals surface area contributed by atoms with E-state index in [2.05, 4.69) is 45.1 Å². The highest BCUT2D eigenvalue weighted by Crippen LogP contribution is 2.17. The molecule has 0 rings (SSSR count). The minimum Gasteiger partial charge on any atom is -0.462 e. The number of carbonyl (C=O) groups excluding carboxylic acids is 3. The molecule has 1 atom stereocenters. The zero-order valence-corrected chi connectivity index (χ0v) is 42.4. The van der Waals surface area contributed by atoms with E-state index in [-0.39, 0.29) is 31.1 Å². The van der Waals surface area contributed by atoms with Crippen LogP contribution in [-0.2, 0) is 28.6 Å². The number of esters is 3. The van der Waals surface area contributed by atoms with E-state index in [4.69, 9.17) is 14.2 Å². The minimum absolute atomic E-state index is 0.0713. The van der Waals surface area contributed by atoms with Gasteiger partial charge in [0.05, 0.1) is 0 Å². The predicted octanol–water partition coefficient (Wildman–Crippen LogP) is 18.3. The maximum Gasteiger partial charge on any atom is 0.306 e. The summed E-state index contributed by atoms with van der Waals surface area (Å²) in [5.74, 6) is -0.881. The second-order valence-corrected chi connectivity index (χ2v) is 18.8. The summed E-state index contributed by atoms with van der Waals surface area (Å²) in [7, 11) is 0. The number of unbranched alkanes of at least 4 members (excludes halogenated alkanes) is 36. The Balaban J connectivity index is 3.91. The van der Waals surface area contributed by atoms with E-state index in [0.717, 1.165) is 77.0 Å². The first-order chi connectivity index (χ1) is 31.0. The molecule has 0 aliphatic rings. The van der Waals surface area contributed by atoms with Crippen molar-refractivity contribution in [2.45, 2.75) is 309 Å². The SMILES string of the molecule is CCC/C=C\CCCCCCCC(=O)OC(COC(=O)CCCCCCCC)COC(=O)CCCCCCCCCCCCCCCCCCC/C=C\CCCCCCCCCC. The van der Waals surface area contributed by atoms with Gasteiger partial charge in [0.15, 0.2) is 6.10 Å². The van der Waals surface area contributed by atoms with Gasteiger partial charge in [-0.1, -0.05) is 244 Å². The highest BCUT2D eigenvalue weighted by molar-refractivity contribution is 5.71. The molecular formula is C57H106O6. The van der Waals surface area contributed by atoms with Crippen molar-refractivity contribution in [1.82, 2.24) is 0 Å². The lowest BCUT2D eigenvalue weighted by atomic mass is 10.0. The van der Waals surface area contributed by atoms with Gasteiger partial charge in [0.1, 0.15) is 13.2 Å². The Kier molecular flexibility index (Phi) is 50.8. The largest absolute Gasteiger partial charge is 0.462 e. The maximum absolute atomic E-state index is 12.7. The third-order valence-corrected chi connectivity index (χ3v) is 12.4. The van der Waals surface area contributed by atoms with Gasteiger partial charge in [-0.2, -0.15) is 0 Å². The van der Waals surface area contributed by atoms with Gasteiger partial charge in [0.2, 0.25) is 0 Å². The van der Waals surface area contributed by atoms with Gasteiger partial charge in [-0.15, -0.1) is 0 Å². The fourth-order valence-electron chi connectivity index (χ4n) is 8.21. The van der Waals surface area contributed by atoms with Crippen LogP contribution in [0, 0.1) is 0 Å². The zero-order valence-electron chi connectivity index (χ0n) is 42.4. The van der Waals surface area contributed by atoms with E-state index in [9.17, 15) is 14.4 Å². The molecule has 0 spiro atoms. The number of hydrogen-bond acceptors (Lipinski definition) is 6. The fourth-order valence-corrected chi connectivity index (χ4v) is 8.21. The summed E-state index contributed by atoms with van der Waals surface area (Å²) < 4.78 is 16.7. The summed E-state index contributed by atoms with van der Waals surface area (Å²) in [4.78, 5) is 37.6. The molecule has 0 saturated carbocycles. The lowest BCUT2D eigenvalue weighted by Crippen LogP contribution is -2.30. The first-order valence-electron chi connectivity index (χ1n) is 27.8. The summed E-state index contributed by atoms with van der Waals surface area (Å²) in [6, 6.07) is 0. The molecule has 0 bridgehead atoms. The van der Waals surface area contributed by atoms with E-state index in [1.807, 2.05) is 0 Å². The Morgan fingerprint density at radius 1 is 0.302 bits per heavy atom. The lowest BCUT2D eigenvalue weighted by Gasteiger charge is -2.18. The van der Waals surface area contributed by atoms with Crippen LogP contribution in [0.25, 0.3) is 0 Å². The third kappa shape index (κ3) is 50.7. The monoisotopic (exact) mass is 887 g/mol. The molecule has 0 N–H and O–H groups in total. The highest BCUT2D eigenvalue weighted by Gasteiger charge is 2.19. The molecule has 0 amide bonds. The first kappa shape index (κ1) is 60.9. The molecule has 1 unspecified atom stereocenters. The Morgan fingerprint density at radius 3 is 0.857 bits per heavy atom. The smallest absolute Gasteiger partial charge is 0.306 e. The summed E-state index contributed by atoms with van der Waals surface area (Å²) >= 11 is 0. The molecule has 0 aliphatic heterocycles. The average molecular weight is 887 g/mol. The molecule has 0 fully saturated rings. The van der Waals surface area contributed by atoms with Crippen LogP contribution in [0.1, 0.15) is 303 Å². The van der Waals surface area contributed by atoms with Crippen molar-refractivity contribution in [3.05, 3.63) is 24.3 Å². The quantitative estimate of drug-likeness (QED) is 0.0262. The zero-order chi connectivity index (χ0) is 45.8. The van der Waals surface area contributed by atoms with Gasteiger partial charge < -0.3 is 14.2 Å². The van der Waals surface area contributed by atoms with E-state index >= 15 is 0 Å². The molecule has 0 aromatic rings. The molecule has 370 valence electrons. The van der Waals surface area contributed by atoms with Crippen LogP contribution >= 0.6 is 0 Å². The molecule has 0 heterocycles. The van der Waals surface area contributed by atoms with Gasteiger partial charge in [-0.3, -0.25) is 14.4 Å². The van der Waals surface area contributed by atoms with Gasteiger partial charge in [-0.25, -0.2) is 0 Å². The molecule has 6 nitrogen and oxygen atoms in total. The van der Waals surface area contributed by atoms with Gasteiger partial charge in [0, 0.05) is 19.3 Å². The molecule has 0 radical (unpaired) electrons. The first-order valence-corrected chi connectivity index (χ1v) is 27.8. The third-order valence-electron chi connectivity index (χ3n) is 12.4. The summed E-state index contributed by atoms with van der Waals surface area (Å²) in [6.07, 6.45) is 60.9. The van der Waals surface area contributed by atoms with Crippen molar-refractivity contribution in [1.29, 1.82) is 0 Å². The van der Waals surface area contributed by atoms with Crippen LogP contribution in [0.15, 0.2) is 24.3 Å². The van der Waals surface area contributed by atoms with Gasteiger partial charge >= 0.3 is 17.9 Å². The lowest BCUT2D eigenvalue weighted by molar-refractivity contribution is -0.167. The molecule has 0 aromatic heterocycles. The summed E-state index contributed by atoms with van der Waals surface area (Å²) in [5.41, 5.74) is 0. The standard InChI is InChI=1S/C57H106O6/c1-4-7-10-13-16-18-20-21-22-23-24-25-26-27-28-29-30-31-32-33-34-35-36-37-38-40-41-44-47-50-56(59)62-53-54(52-61-55(58)49-46-43-15-12-9-6-3)63-57(60)51-48-45-42-39-19-17-14-11-8-5-2/h11,14,23-24,54H,4-10,12-13,15-22,25-53H2,1-3H3/b14-11-,24-23-. The second-order valence-electron chi connectivity index (χ2n) is 18.8. The molecular weight excluding hydrogens is 781 g/mol. The fraction of sp³-hybridized carbons (Fsp3) is 0.877. The topological polar surface area (TPSA) is 78.9 Å². The molecule has 6 heteroatoms. The van der Waals surface area contributed by atoms with Crippen LogP contribution < -0.4 is 0 Å². The molecule has 0 aromatic carbocycles. The average Bonchev–Trinajstić information content (AvgIpc) is 3.28. The number of carbonyl (C=O) groups is 3. The summed E-state index contributed by atoms with van der Waals surface area (Å²) in [6.45, 7) is 6.53. The van der Waals surface area contributed by atoms with Gasteiger partial charge in [-0.05, 0) is 64.2 Å². The highest BCUT2D eigenvalue weighted by atomic mass is 16.6. The molecule has 0 saturated heterocycles. The van der Waals surface area contributed by atoms with Crippen molar-refractivity contribution in [2.24, 2.45) is 0 Å². The van der Waals surface area contributed by atoms with Crippen LogP contribution in [-0.4, -0.2) is 37.2 Å². The Labute approximate surface area is 392 Å². The molecule has 0 aliphatic carbocycles. The predicted molar refractivity (Wildman–Crippen MR) is 270 cm³/mol. The van der Waals surface area contributed by atoms with Crippen LogP contribution in [0.5, 0.6) is 0 Å². The van der Waals surface area contributed by atoms with Crippen LogP contribution in [0.4, 0.5) is 0 Å². The van der Waals surface area contributed by atoms with E-state index in [0.29, 0.717) is 19.3 Å². The normalized spacial score (nSPS) is 12.1. The number of allylic oxidation sites excluding steroid dienone is 4. The van der Waals surface area contributed by atoms with Crippen molar-refractivity contribution in [3.8, 4) is 0 Å². The Bertz CT molecular complexity index is 1020. The summed E-state index contributed by atoms with van der Waals surface area (Å²) in [5, 5.41) is 0. The van der Waals surface area contributed by atoms with E-state index in [1.54, 1.807) is 0 Å². The maximum atomic E-state index is 12.7. The van der Waals surface area contributed by atoms with E-state index in [1.165, 1.54) is 186 Å². The van der Waals surface area contributed by atoms with Gasteiger partial charge in [0.25, 0.3) is 0 Å². The second kappa shape index (κ2) is 52.5. The Hall–Kier alpha value is -2.11. The number of rotatable bonds is 51. The van der Waals surface area contributed by atoms with E-state index < -0.39 is 6.10 Å². The van der Waals surface area contributed by atoms with Crippen LogP contribution in [0.2, 0.25) is 0 Å².